The first-order valence-electron chi connectivity index (χ1n) is 30.7. The Balaban J connectivity index is 0.00000689. The summed E-state index contributed by atoms with van der Waals surface area (Å²) in [6.45, 7) is -5.27. The second kappa shape index (κ2) is 21.0. The summed E-state index contributed by atoms with van der Waals surface area (Å²) in [6, 6.07) is 80.8. The van der Waals surface area contributed by atoms with E-state index in [0.29, 0.717) is 66.1 Å². The summed E-state index contributed by atoms with van der Waals surface area (Å²) in [5, 5.41) is 2.19. The van der Waals surface area contributed by atoms with Crippen molar-refractivity contribution >= 4 is 54.9 Å². The Labute approximate surface area is 513 Å². The number of benzene rings is 9. The van der Waals surface area contributed by atoms with Crippen LogP contribution in [-0.2, 0) is 20.1 Å². The number of aryl methyl sites for hydroxylation is 2. The topological polar surface area (TPSA) is 73.3 Å². The molecule has 0 aliphatic heterocycles. The molecule has 0 saturated heterocycles. The van der Waals surface area contributed by atoms with Gasteiger partial charge in [-0.15, -0.1) is 95.2 Å². The van der Waals surface area contributed by atoms with Crippen LogP contribution in [0.1, 0.15) is 19.4 Å². The standard InChI is InChI=1S/C77H48N7.Ir/c1-48-66(45-81-74-63-29-15-17-31-70(63)83-39-37-78-76(83)72(48)74)60-26-12-9-23-57(60)54-41-55(58-24-10-13-27-61(58)67-46-82-75-64-30-16-18-32-71(64)84-40-38-79-77(84)73(75)49(67)2)43-56(42-54)59-25-11-14-28-62(59)68-47-80-69(53-21-7-4-8-22-53)44-65(68)52-35-33-51(34-36-52)50-19-5-3-6-20-50;/h3-21,23-28,31-47H,1-2H3;/q-3;+3/i1D3,2D3;. The average molecular weight is 1270 g/mol. The van der Waals surface area contributed by atoms with E-state index in [0.717, 1.165) is 89.1 Å². The minimum atomic E-state index is -2.63. The van der Waals surface area contributed by atoms with Gasteiger partial charge in [-0.05, 0) is 132 Å². The Morgan fingerprint density at radius 2 is 0.800 bits per heavy atom. The minimum Gasteiger partial charge on any atom is -0.342 e. The first-order chi connectivity index (χ1) is 43.9. The zero-order valence-corrected chi connectivity index (χ0v) is 47.6. The van der Waals surface area contributed by atoms with E-state index in [9.17, 15) is 8.22 Å². The van der Waals surface area contributed by atoms with Crippen molar-refractivity contribution in [3.63, 3.8) is 0 Å². The summed E-state index contributed by atoms with van der Waals surface area (Å²) in [5.41, 5.74) is 18.2. The van der Waals surface area contributed by atoms with Crippen LogP contribution < -0.4 is 0 Å². The molecule has 7 aromatic heterocycles. The third-order valence-corrected chi connectivity index (χ3v) is 16.3. The average Bonchev–Trinajstić information content (AvgIpc) is 1.70. The molecule has 85 heavy (non-hydrogen) atoms. The quantitative estimate of drug-likeness (QED) is 0.106. The fraction of sp³-hybridized carbons (Fsp3) is 0.0260. The summed E-state index contributed by atoms with van der Waals surface area (Å²) in [6.07, 6.45) is 12.3. The second-order valence-corrected chi connectivity index (χ2v) is 20.9. The third-order valence-electron chi connectivity index (χ3n) is 16.3. The number of nitrogens with zero attached hydrogens (tertiary/aromatic N) is 7. The van der Waals surface area contributed by atoms with Crippen molar-refractivity contribution in [3.8, 4) is 100 Å². The molecule has 0 fully saturated rings. The summed E-state index contributed by atoms with van der Waals surface area (Å²) >= 11 is 0. The van der Waals surface area contributed by atoms with Crippen molar-refractivity contribution in [2.75, 3.05) is 0 Å². The van der Waals surface area contributed by atoms with Gasteiger partial charge in [0.1, 0.15) is 11.3 Å². The molecule has 16 rings (SSSR count). The molecule has 0 spiro atoms. The monoisotopic (exact) mass is 1270 g/mol. The van der Waals surface area contributed by atoms with Crippen LogP contribution in [0.4, 0.5) is 0 Å². The summed E-state index contributed by atoms with van der Waals surface area (Å²) in [7, 11) is 0. The zero-order valence-electron chi connectivity index (χ0n) is 51.2. The maximum absolute atomic E-state index is 9.34. The number of rotatable bonds is 9. The largest absolute Gasteiger partial charge is 3.00 e. The number of hydrogen-bond acceptors (Lipinski definition) is 5. The summed E-state index contributed by atoms with van der Waals surface area (Å²) in [4.78, 5) is 24.9. The van der Waals surface area contributed by atoms with Gasteiger partial charge in [0.15, 0.2) is 0 Å². The molecule has 7 heterocycles. The molecule has 0 saturated carbocycles. The van der Waals surface area contributed by atoms with Crippen molar-refractivity contribution in [2.24, 2.45) is 0 Å². The summed E-state index contributed by atoms with van der Waals surface area (Å²) in [5.74, 6) is 0. The van der Waals surface area contributed by atoms with Crippen molar-refractivity contribution < 1.29 is 28.3 Å². The molecule has 0 amide bonds. The maximum Gasteiger partial charge on any atom is 3.00 e. The van der Waals surface area contributed by atoms with Gasteiger partial charge in [-0.2, -0.15) is 0 Å². The molecule has 16 aromatic rings. The Kier molecular flexibility index (Phi) is 11.2. The van der Waals surface area contributed by atoms with Crippen LogP contribution in [0.15, 0.2) is 256 Å². The molecule has 0 aliphatic rings. The van der Waals surface area contributed by atoms with Crippen molar-refractivity contribution in [3.05, 3.63) is 285 Å². The van der Waals surface area contributed by atoms with E-state index < -0.39 is 13.7 Å². The molecule has 400 valence electrons. The van der Waals surface area contributed by atoms with Gasteiger partial charge in [0.25, 0.3) is 0 Å². The zero-order chi connectivity index (χ0) is 60.8. The maximum atomic E-state index is 9.34. The molecule has 0 radical (unpaired) electrons. The third kappa shape index (κ3) is 8.56. The molecule has 0 bridgehead atoms. The first kappa shape index (κ1) is 45.1. The smallest absolute Gasteiger partial charge is 0.342 e. The van der Waals surface area contributed by atoms with E-state index in [1.54, 1.807) is 24.8 Å². The predicted octanol–water partition coefficient (Wildman–Crippen LogP) is 18.8. The van der Waals surface area contributed by atoms with Crippen LogP contribution in [-0.4, -0.2) is 33.7 Å². The molecule has 0 aliphatic carbocycles. The van der Waals surface area contributed by atoms with Crippen LogP contribution in [0.3, 0.4) is 0 Å². The van der Waals surface area contributed by atoms with Gasteiger partial charge in [-0.3, -0.25) is 0 Å². The Morgan fingerprint density at radius 1 is 0.353 bits per heavy atom. The van der Waals surface area contributed by atoms with Gasteiger partial charge in [0.2, 0.25) is 0 Å². The van der Waals surface area contributed by atoms with Crippen LogP contribution in [0.2, 0.25) is 0 Å². The fourth-order valence-corrected chi connectivity index (χ4v) is 12.3. The van der Waals surface area contributed by atoms with Gasteiger partial charge in [0.05, 0.1) is 0 Å². The molecule has 7 nitrogen and oxygen atoms in total. The minimum absolute atomic E-state index is 0. The van der Waals surface area contributed by atoms with Crippen molar-refractivity contribution in [2.45, 2.75) is 13.7 Å². The number of hydrogen-bond donors (Lipinski definition) is 0. The van der Waals surface area contributed by atoms with Crippen molar-refractivity contribution in [1.82, 2.24) is 33.7 Å². The van der Waals surface area contributed by atoms with Crippen LogP contribution >= 0.6 is 0 Å². The molecule has 0 atom stereocenters. The molecule has 0 N–H and O–H groups in total. The fourth-order valence-electron chi connectivity index (χ4n) is 12.3. The molecule has 8 heteroatoms. The van der Waals surface area contributed by atoms with Gasteiger partial charge in [-0.25, -0.2) is 9.97 Å². The van der Waals surface area contributed by atoms with E-state index in [4.69, 9.17) is 24.9 Å². The predicted molar refractivity (Wildman–Crippen MR) is 342 cm³/mol. The van der Waals surface area contributed by atoms with Crippen LogP contribution in [0.25, 0.3) is 155 Å². The number of imidazole rings is 2. The van der Waals surface area contributed by atoms with Gasteiger partial charge in [-0.1, -0.05) is 133 Å². The van der Waals surface area contributed by atoms with Gasteiger partial charge in [0, 0.05) is 90.1 Å². The summed E-state index contributed by atoms with van der Waals surface area (Å²) < 4.78 is 59.8. The van der Waals surface area contributed by atoms with Gasteiger partial charge >= 0.3 is 20.1 Å². The number of aromatic nitrogens is 7. The molecular formula is C77H48IrN7. The van der Waals surface area contributed by atoms with E-state index in [1.165, 1.54) is 0 Å². The van der Waals surface area contributed by atoms with Crippen LogP contribution in [0, 0.1) is 31.9 Å². The molecule has 9 aromatic carbocycles. The molecular weight excluding hydrogens is 1220 g/mol. The normalized spacial score (nSPS) is 12.9. The second-order valence-electron chi connectivity index (χ2n) is 20.9. The Bertz CT molecular complexity index is 5300. The van der Waals surface area contributed by atoms with Crippen molar-refractivity contribution in [1.29, 1.82) is 0 Å². The Hall–Kier alpha value is -10.5. The van der Waals surface area contributed by atoms with E-state index in [1.807, 2.05) is 167 Å². The van der Waals surface area contributed by atoms with Crippen LogP contribution in [0.5, 0.6) is 0 Å². The number of pyridine rings is 5. The van der Waals surface area contributed by atoms with E-state index >= 15 is 0 Å². The SMILES string of the molecule is [2H]C([2H])([2H])c1c(-c2ccccc2-c2cc(-c3ccccc3-c3cnc(-c4[c-]cccc4)cc3-c3ccc(-c4ccccc4)cc3)cc(-c3ccccc3-c3cnc4c5[c-]cccc5n5ccnc5c4c3C([2H])([2H])[2H])c2)cnc2c3[c-]cccc3n3ccnc3c12.[Ir+3]. The molecule has 0 unspecified atom stereocenters. The Morgan fingerprint density at radius 3 is 1.31 bits per heavy atom. The van der Waals surface area contributed by atoms with Gasteiger partial charge < -0.3 is 23.8 Å². The van der Waals surface area contributed by atoms with E-state index in [-0.39, 0.29) is 31.2 Å². The number of fused-ring (bicyclic) bond motifs is 12. The van der Waals surface area contributed by atoms with E-state index in [2.05, 4.69) is 91.0 Å². The first-order valence-corrected chi connectivity index (χ1v) is 27.7.